The zero-order valence-electron chi connectivity index (χ0n) is 26.0. The zero-order valence-corrected chi connectivity index (χ0v) is 28.2. The van der Waals surface area contributed by atoms with E-state index in [1.165, 1.54) is 22.2 Å². The maximum absolute atomic E-state index is 13.3. The fourth-order valence-electron chi connectivity index (χ4n) is 4.58. The van der Waals surface area contributed by atoms with Gasteiger partial charge in [0.2, 0.25) is 0 Å². The number of halogens is 3. The summed E-state index contributed by atoms with van der Waals surface area (Å²) in [4.78, 5) is 32.5. The number of hydrogen-bond acceptors (Lipinski definition) is 4. The van der Waals surface area contributed by atoms with Gasteiger partial charge in [0.1, 0.15) is 5.69 Å². The van der Waals surface area contributed by atoms with E-state index in [2.05, 4.69) is 64.1 Å². The first-order chi connectivity index (χ1) is 20.7. The van der Waals surface area contributed by atoms with Crippen molar-refractivity contribution in [3.05, 3.63) is 98.6 Å². The Balaban J connectivity index is 1.61. The van der Waals surface area contributed by atoms with Gasteiger partial charge in [-0.25, -0.2) is 4.68 Å². The van der Waals surface area contributed by atoms with Crippen LogP contribution in [0.25, 0.3) is 5.69 Å². The molecule has 0 aliphatic heterocycles. The lowest BCUT2D eigenvalue weighted by Crippen LogP contribution is -2.33. The van der Waals surface area contributed by atoms with Gasteiger partial charge >= 0.3 is 0 Å². The molecular weight excluding hydrogens is 619 g/mol. The number of hydroxylamine groups is 1. The summed E-state index contributed by atoms with van der Waals surface area (Å²) >= 11 is 18.7. The molecule has 2 amide bonds. The van der Waals surface area contributed by atoms with E-state index in [1.807, 2.05) is 6.07 Å². The molecule has 4 rings (SSSR count). The molecule has 0 saturated heterocycles. The quantitative estimate of drug-likeness (QED) is 0.173. The average Bonchev–Trinajstić information content (AvgIpc) is 3.42. The largest absolute Gasteiger partial charge is 0.372 e. The highest BCUT2D eigenvalue weighted by atomic mass is 35.5. The first-order valence-corrected chi connectivity index (χ1v) is 15.6. The number of rotatable bonds is 10. The predicted octanol–water partition coefficient (Wildman–Crippen LogP) is 9.81. The maximum Gasteiger partial charge on any atom is 0.256 e. The van der Waals surface area contributed by atoms with Gasteiger partial charge in [0.05, 0.1) is 15.7 Å². The molecule has 0 unspecified atom stereocenters. The minimum absolute atomic E-state index is 0.0117. The van der Waals surface area contributed by atoms with E-state index in [0.29, 0.717) is 37.8 Å². The van der Waals surface area contributed by atoms with Crippen molar-refractivity contribution in [3.8, 4) is 11.4 Å². The van der Waals surface area contributed by atoms with E-state index in [1.54, 1.807) is 48.7 Å². The molecule has 0 aliphatic carbocycles. The van der Waals surface area contributed by atoms with Crippen LogP contribution in [0.3, 0.4) is 0 Å². The smallest absolute Gasteiger partial charge is 0.256 e. The SMILES string of the molecule is CCC(C)(C)c1ccc(ON(C(C)=O)c2cccc(C(=O)Nc3ccn(-c4c(Cl)cc(Cl)cc4Cl)n3)c2)c(C(C)(C)CC)c1. The average molecular weight is 656 g/mol. The van der Waals surface area contributed by atoms with Crippen LogP contribution in [0.4, 0.5) is 11.5 Å². The van der Waals surface area contributed by atoms with Crippen LogP contribution in [0.1, 0.15) is 82.8 Å². The number of hydrogen-bond donors (Lipinski definition) is 1. The number of amides is 2. The molecule has 4 aromatic rings. The Labute approximate surface area is 274 Å². The van der Waals surface area contributed by atoms with Crippen LogP contribution in [-0.2, 0) is 15.6 Å². The molecule has 0 atom stereocenters. The van der Waals surface area contributed by atoms with E-state index < -0.39 is 5.91 Å². The van der Waals surface area contributed by atoms with Gasteiger partial charge < -0.3 is 10.2 Å². The van der Waals surface area contributed by atoms with Crippen molar-refractivity contribution < 1.29 is 14.4 Å². The second-order valence-electron chi connectivity index (χ2n) is 12.0. The number of nitrogens with one attached hydrogen (secondary N) is 1. The Morgan fingerprint density at radius 1 is 0.909 bits per heavy atom. The van der Waals surface area contributed by atoms with Crippen LogP contribution in [0, 0.1) is 0 Å². The third kappa shape index (κ3) is 7.23. The standard InChI is InChI=1S/C34H37Cl3N4O3/c1-8-33(4,5)23-13-14-29(26(18-23)34(6,7)9-2)44-41(21(3)42)25-12-10-11-22(17-25)32(43)38-30-15-16-40(39-30)31-27(36)19-24(35)20-28(31)37/h10-20H,8-9H2,1-7H3,(H,38,39,43). The summed E-state index contributed by atoms with van der Waals surface area (Å²) in [6.45, 7) is 14.5. The molecule has 0 saturated carbocycles. The second kappa shape index (κ2) is 13.2. The lowest BCUT2D eigenvalue weighted by molar-refractivity contribution is -0.120. The summed E-state index contributed by atoms with van der Waals surface area (Å²) in [6.07, 6.45) is 3.48. The van der Waals surface area contributed by atoms with Crippen molar-refractivity contribution in [1.82, 2.24) is 9.78 Å². The second-order valence-corrected chi connectivity index (χ2v) is 13.2. The van der Waals surface area contributed by atoms with Crippen molar-refractivity contribution in [2.45, 2.75) is 72.1 Å². The third-order valence-corrected chi connectivity index (χ3v) is 8.91. The number of benzene rings is 3. The Morgan fingerprint density at radius 2 is 1.57 bits per heavy atom. The van der Waals surface area contributed by atoms with Crippen molar-refractivity contribution in [1.29, 1.82) is 0 Å². The van der Waals surface area contributed by atoms with Crippen molar-refractivity contribution in [2.24, 2.45) is 0 Å². The molecule has 1 aromatic heterocycles. The Kier molecular flexibility index (Phi) is 10.0. The summed E-state index contributed by atoms with van der Waals surface area (Å²) in [5.74, 6) is 0.107. The van der Waals surface area contributed by atoms with Gasteiger partial charge in [0.25, 0.3) is 11.8 Å². The first-order valence-electron chi connectivity index (χ1n) is 14.4. The lowest BCUT2D eigenvalue weighted by Gasteiger charge is -2.32. The van der Waals surface area contributed by atoms with Gasteiger partial charge in [0.15, 0.2) is 11.6 Å². The van der Waals surface area contributed by atoms with Crippen LogP contribution < -0.4 is 15.2 Å². The minimum atomic E-state index is -0.423. The van der Waals surface area contributed by atoms with Gasteiger partial charge in [-0.05, 0) is 65.6 Å². The molecule has 3 aromatic carbocycles. The fourth-order valence-corrected chi connectivity index (χ4v) is 5.57. The third-order valence-electron chi connectivity index (χ3n) is 8.12. The fraction of sp³-hybridized carbons (Fsp3) is 0.324. The Hall–Kier alpha value is -3.52. The van der Waals surface area contributed by atoms with E-state index in [4.69, 9.17) is 39.6 Å². The molecule has 0 bridgehead atoms. The zero-order chi connectivity index (χ0) is 32.4. The Bertz CT molecular complexity index is 1670. The molecule has 0 fully saturated rings. The van der Waals surface area contributed by atoms with Gasteiger partial charge in [-0.3, -0.25) is 9.59 Å². The van der Waals surface area contributed by atoms with Crippen molar-refractivity contribution in [2.75, 3.05) is 10.4 Å². The van der Waals surface area contributed by atoms with Gasteiger partial charge in [0, 0.05) is 35.3 Å². The normalized spacial score (nSPS) is 11.8. The van der Waals surface area contributed by atoms with Crippen LogP contribution in [0.2, 0.25) is 15.1 Å². The molecule has 0 aliphatic rings. The van der Waals surface area contributed by atoms with Gasteiger partial charge in [-0.1, -0.05) is 94.5 Å². The van der Waals surface area contributed by atoms with Crippen LogP contribution >= 0.6 is 34.8 Å². The minimum Gasteiger partial charge on any atom is -0.372 e. The van der Waals surface area contributed by atoms with E-state index in [9.17, 15) is 9.59 Å². The van der Waals surface area contributed by atoms with E-state index in [0.717, 1.165) is 18.4 Å². The van der Waals surface area contributed by atoms with Crippen molar-refractivity contribution in [3.63, 3.8) is 0 Å². The van der Waals surface area contributed by atoms with Crippen LogP contribution in [-0.4, -0.2) is 21.6 Å². The molecule has 44 heavy (non-hydrogen) atoms. The highest BCUT2D eigenvalue weighted by Gasteiger charge is 2.28. The van der Waals surface area contributed by atoms with Gasteiger partial charge in [-0.15, -0.1) is 10.2 Å². The van der Waals surface area contributed by atoms with E-state index in [-0.39, 0.29) is 22.6 Å². The number of nitrogens with zero attached hydrogens (tertiary/aromatic N) is 3. The summed E-state index contributed by atoms with van der Waals surface area (Å²) in [7, 11) is 0. The lowest BCUT2D eigenvalue weighted by atomic mass is 9.76. The molecule has 232 valence electrons. The number of carbonyl (C=O) groups is 2. The van der Waals surface area contributed by atoms with Crippen molar-refractivity contribution >= 4 is 58.1 Å². The molecule has 0 spiro atoms. The monoisotopic (exact) mass is 654 g/mol. The summed E-state index contributed by atoms with van der Waals surface area (Å²) < 4.78 is 1.46. The van der Waals surface area contributed by atoms with E-state index >= 15 is 0 Å². The number of carbonyl (C=O) groups excluding carboxylic acids is 2. The molecule has 1 N–H and O–H groups in total. The van der Waals surface area contributed by atoms with Gasteiger partial charge in [-0.2, -0.15) is 0 Å². The highest BCUT2D eigenvalue weighted by Crippen LogP contribution is 2.39. The molecule has 0 radical (unpaired) electrons. The Morgan fingerprint density at radius 3 is 2.18 bits per heavy atom. The maximum atomic E-state index is 13.3. The predicted molar refractivity (Wildman–Crippen MR) is 180 cm³/mol. The summed E-state index contributed by atoms with van der Waals surface area (Å²) in [5, 5.41) is 9.41. The van der Waals surface area contributed by atoms with Crippen LogP contribution in [0.15, 0.2) is 66.9 Å². The number of anilines is 2. The highest BCUT2D eigenvalue weighted by molar-refractivity contribution is 6.40. The van der Waals surface area contributed by atoms with Crippen LogP contribution in [0.5, 0.6) is 5.75 Å². The molecule has 7 nitrogen and oxygen atoms in total. The topological polar surface area (TPSA) is 76.5 Å². The first kappa shape index (κ1) is 33.4. The summed E-state index contributed by atoms with van der Waals surface area (Å²) in [5.41, 5.74) is 3.16. The molecule has 10 heteroatoms. The summed E-state index contributed by atoms with van der Waals surface area (Å²) in [6, 6.07) is 17.6. The molecular formula is C34H37Cl3N4O3. The molecule has 1 heterocycles. The number of aromatic nitrogens is 2.